The summed E-state index contributed by atoms with van der Waals surface area (Å²) in [4.78, 5) is 7.94. The number of hydrogen-bond donors (Lipinski definition) is 1. The molecule has 0 bridgehead atoms. The van der Waals surface area contributed by atoms with Crippen LogP contribution in [0.25, 0.3) is 0 Å². The third-order valence-corrected chi connectivity index (χ3v) is 3.02. The lowest BCUT2D eigenvalue weighted by atomic mass is 10.1. The van der Waals surface area contributed by atoms with Crippen molar-refractivity contribution in [2.75, 3.05) is 5.73 Å². The first-order valence-corrected chi connectivity index (χ1v) is 7.04. The molecule has 3 rings (SSSR count). The maximum absolute atomic E-state index is 5.94. The highest BCUT2D eigenvalue weighted by molar-refractivity contribution is 5.56. The Bertz CT molecular complexity index is 849. The Kier molecular flexibility index (Phi) is 4.34. The van der Waals surface area contributed by atoms with E-state index >= 15 is 0 Å². The Balaban J connectivity index is 1.89. The Hall–Kier alpha value is -3.56. The number of hydrogen-bond acceptors (Lipinski definition) is 3. The van der Waals surface area contributed by atoms with Crippen LogP contribution >= 0.6 is 0 Å². The maximum Gasteiger partial charge on any atom is 0.0339 e. The van der Waals surface area contributed by atoms with Crippen LogP contribution in [-0.2, 0) is 0 Å². The number of rotatable bonds is 0. The van der Waals surface area contributed by atoms with Gasteiger partial charge in [-0.15, -0.1) is 0 Å². The molecular weight excluding hydrogens is 282 g/mol. The molecule has 2 aromatic heterocycles. The fourth-order valence-corrected chi connectivity index (χ4v) is 1.96. The summed E-state index contributed by atoms with van der Waals surface area (Å²) in [5.74, 6) is 12.4. The molecule has 2 heterocycles. The van der Waals surface area contributed by atoms with Crippen molar-refractivity contribution in [2.24, 2.45) is 0 Å². The molecule has 0 aliphatic carbocycles. The Morgan fingerprint density at radius 3 is 1.39 bits per heavy atom. The van der Waals surface area contributed by atoms with Crippen LogP contribution in [0, 0.1) is 23.7 Å². The van der Waals surface area contributed by atoms with Gasteiger partial charge >= 0.3 is 0 Å². The normalized spacial score (nSPS) is 9.22. The molecular formula is C20H13N3. The van der Waals surface area contributed by atoms with Gasteiger partial charge in [-0.1, -0.05) is 23.7 Å². The number of anilines is 1. The zero-order valence-electron chi connectivity index (χ0n) is 12.3. The lowest BCUT2D eigenvalue weighted by Crippen LogP contribution is -1.88. The van der Waals surface area contributed by atoms with Gasteiger partial charge in [-0.3, -0.25) is 9.97 Å². The van der Waals surface area contributed by atoms with Gasteiger partial charge in [0.25, 0.3) is 0 Å². The second kappa shape index (κ2) is 6.93. The topological polar surface area (TPSA) is 51.8 Å². The Morgan fingerprint density at radius 1 is 0.565 bits per heavy atom. The van der Waals surface area contributed by atoms with Gasteiger partial charge < -0.3 is 5.73 Å². The standard InChI is InChI=1S/C20H13N3/c21-20-14-18(3-1-16-5-9-22-10-6-16)13-19(15-20)4-2-17-7-11-23-12-8-17/h5-15H,21H2. The lowest BCUT2D eigenvalue weighted by Gasteiger charge is -1.97. The number of nitrogens with two attached hydrogens (primary N) is 1. The fourth-order valence-electron chi connectivity index (χ4n) is 1.96. The minimum Gasteiger partial charge on any atom is -0.399 e. The van der Waals surface area contributed by atoms with E-state index in [9.17, 15) is 0 Å². The zero-order valence-corrected chi connectivity index (χ0v) is 12.3. The van der Waals surface area contributed by atoms with Crippen molar-refractivity contribution in [1.82, 2.24) is 9.97 Å². The average molecular weight is 295 g/mol. The van der Waals surface area contributed by atoms with E-state index in [1.54, 1.807) is 24.8 Å². The number of aromatic nitrogens is 2. The van der Waals surface area contributed by atoms with E-state index in [4.69, 9.17) is 5.73 Å². The van der Waals surface area contributed by atoms with Crippen molar-refractivity contribution in [3.8, 4) is 23.7 Å². The van der Waals surface area contributed by atoms with Crippen molar-refractivity contribution in [2.45, 2.75) is 0 Å². The number of benzene rings is 1. The maximum atomic E-state index is 5.94. The summed E-state index contributed by atoms with van der Waals surface area (Å²) in [6.45, 7) is 0. The highest BCUT2D eigenvalue weighted by atomic mass is 14.6. The summed E-state index contributed by atoms with van der Waals surface area (Å²) in [6.07, 6.45) is 6.87. The highest BCUT2D eigenvalue weighted by Crippen LogP contribution is 2.11. The van der Waals surface area contributed by atoms with Crippen molar-refractivity contribution >= 4 is 5.69 Å². The van der Waals surface area contributed by atoms with E-state index in [1.807, 2.05) is 42.5 Å². The Morgan fingerprint density at radius 2 is 0.957 bits per heavy atom. The first-order chi connectivity index (χ1) is 11.3. The first kappa shape index (κ1) is 14.4. The third kappa shape index (κ3) is 4.20. The van der Waals surface area contributed by atoms with Crippen molar-refractivity contribution in [3.05, 3.63) is 89.5 Å². The van der Waals surface area contributed by atoms with Gasteiger partial charge in [0, 0.05) is 52.7 Å². The molecule has 3 nitrogen and oxygen atoms in total. The number of pyridine rings is 2. The molecule has 0 amide bonds. The third-order valence-electron chi connectivity index (χ3n) is 3.02. The summed E-state index contributed by atoms with van der Waals surface area (Å²) in [5.41, 5.74) is 10.1. The molecule has 0 atom stereocenters. The van der Waals surface area contributed by atoms with E-state index in [2.05, 4.69) is 33.6 Å². The summed E-state index contributed by atoms with van der Waals surface area (Å²) < 4.78 is 0. The smallest absolute Gasteiger partial charge is 0.0339 e. The van der Waals surface area contributed by atoms with E-state index in [-0.39, 0.29) is 0 Å². The van der Waals surface area contributed by atoms with Crippen LogP contribution in [0.1, 0.15) is 22.3 Å². The quantitative estimate of drug-likeness (QED) is 0.512. The van der Waals surface area contributed by atoms with Crippen LogP contribution in [0.2, 0.25) is 0 Å². The summed E-state index contributed by atoms with van der Waals surface area (Å²) in [6, 6.07) is 13.1. The van der Waals surface area contributed by atoms with Crippen LogP contribution < -0.4 is 5.73 Å². The van der Waals surface area contributed by atoms with E-state index in [0.29, 0.717) is 5.69 Å². The molecule has 0 aliphatic rings. The molecule has 0 saturated heterocycles. The van der Waals surface area contributed by atoms with Crippen molar-refractivity contribution in [3.63, 3.8) is 0 Å². The predicted octanol–water partition coefficient (Wildman–Crippen LogP) is 2.86. The molecule has 1 aromatic carbocycles. The first-order valence-electron chi connectivity index (χ1n) is 7.04. The van der Waals surface area contributed by atoms with E-state index in [0.717, 1.165) is 22.3 Å². The number of nitrogens with zero attached hydrogens (tertiary/aromatic N) is 2. The molecule has 108 valence electrons. The van der Waals surface area contributed by atoms with Gasteiger partial charge in [0.2, 0.25) is 0 Å². The summed E-state index contributed by atoms with van der Waals surface area (Å²) >= 11 is 0. The van der Waals surface area contributed by atoms with Gasteiger partial charge in [0.1, 0.15) is 0 Å². The molecule has 0 saturated carbocycles. The van der Waals surface area contributed by atoms with E-state index < -0.39 is 0 Å². The van der Waals surface area contributed by atoms with Crippen LogP contribution in [-0.4, -0.2) is 9.97 Å². The molecule has 3 heteroatoms. The SMILES string of the molecule is Nc1cc(C#Cc2ccncc2)cc(C#Cc2ccncc2)c1. The summed E-state index contributed by atoms with van der Waals surface area (Å²) in [7, 11) is 0. The molecule has 2 N–H and O–H groups in total. The second-order valence-corrected chi connectivity index (χ2v) is 4.82. The fraction of sp³-hybridized carbons (Fsp3) is 0. The molecule has 0 fully saturated rings. The van der Waals surface area contributed by atoms with Gasteiger partial charge in [-0.2, -0.15) is 0 Å². The molecule has 0 radical (unpaired) electrons. The van der Waals surface area contributed by atoms with E-state index in [1.165, 1.54) is 0 Å². The molecule has 3 aromatic rings. The lowest BCUT2D eigenvalue weighted by molar-refractivity contribution is 1.32. The number of nitrogen functional groups attached to an aromatic ring is 1. The zero-order chi connectivity index (χ0) is 15.9. The predicted molar refractivity (Wildman–Crippen MR) is 91.3 cm³/mol. The Labute approximate surface area is 135 Å². The van der Waals surface area contributed by atoms with Crippen LogP contribution in [0.3, 0.4) is 0 Å². The van der Waals surface area contributed by atoms with Crippen LogP contribution in [0.5, 0.6) is 0 Å². The molecule has 0 aliphatic heterocycles. The minimum absolute atomic E-state index is 0.644. The van der Waals surface area contributed by atoms with Crippen molar-refractivity contribution < 1.29 is 0 Å². The second-order valence-electron chi connectivity index (χ2n) is 4.82. The largest absolute Gasteiger partial charge is 0.399 e. The van der Waals surface area contributed by atoms with Gasteiger partial charge in [0.05, 0.1) is 0 Å². The minimum atomic E-state index is 0.644. The molecule has 0 spiro atoms. The molecule has 0 unspecified atom stereocenters. The monoisotopic (exact) mass is 295 g/mol. The van der Waals surface area contributed by atoms with Gasteiger partial charge in [-0.05, 0) is 42.5 Å². The summed E-state index contributed by atoms with van der Waals surface area (Å²) in [5, 5.41) is 0. The average Bonchev–Trinajstić information content (AvgIpc) is 2.60. The van der Waals surface area contributed by atoms with Crippen molar-refractivity contribution in [1.29, 1.82) is 0 Å². The highest BCUT2D eigenvalue weighted by Gasteiger charge is 1.95. The van der Waals surface area contributed by atoms with Gasteiger partial charge in [0.15, 0.2) is 0 Å². The molecule has 23 heavy (non-hydrogen) atoms. The van der Waals surface area contributed by atoms with Crippen LogP contribution in [0.4, 0.5) is 5.69 Å². The van der Waals surface area contributed by atoms with Gasteiger partial charge in [-0.25, -0.2) is 0 Å². The van der Waals surface area contributed by atoms with Crippen LogP contribution in [0.15, 0.2) is 67.3 Å².